The Hall–Kier alpha value is -0.940. The third kappa shape index (κ3) is 2.50. The minimum Gasteiger partial charge on any atom is -0.383 e. The first-order chi connectivity index (χ1) is 6.00. The summed E-state index contributed by atoms with van der Waals surface area (Å²) in [5.74, 6) is 0.111. The lowest BCUT2D eigenvalue weighted by molar-refractivity contribution is 0.401. The predicted molar refractivity (Wildman–Crippen MR) is 55.3 cm³/mol. The molecule has 13 heavy (non-hydrogen) atoms. The highest BCUT2D eigenvalue weighted by Crippen LogP contribution is 2.17. The molecule has 0 aliphatic heterocycles. The molecule has 1 rings (SSSR count). The van der Waals surface area contributed by atoms with E-state index in [0.29, 0.717) is 0 Å². The van der Waals surface area contributed by atoms with E-state index in [1.165, 1.54) is 11.3 Å². The number of hydrogen-bond donors (Lipinski definition) is 2. The summed E-state index contributed by atoms with van der Waals surface area (Å²) in [7, 11) is 3.98. The molecular weight excluding hydrogens is 184 g/mol. The van der Waals surface area contributed by atoms with E-state index in [4.69, 9.17) is 11.1 Å². The highest BCUT2D eigenvalue weighted by atomic mass is 32.1. The molecule has 0 bridgehead atoms. The minimum absolute atomic E-state index is 0.111. The van der Waals surface area contributed by atoms with Gasteiger partial charge in [-0.3, -0.25) is 5.41 Å². The van der Waals surface area contributed by atoms with Gasteiger partial charge < -0.3 is 10.6 Å². The van der Waals surface area contributed by atoms with Crippen LogP contribution in [0.3, 0.4) is 0 Å². The Kier molecular flexibility index (Phi) is 3.00. The number of rotatable bonds is 3. The van der Waals surface area contributed by atoms with Gasteiger partial charge >= 0.3 is 0 Å². The van der Waals surface area contributed by atoms with E-state index in [9.17, 15) is 0 Å². The SMILES string of the molecule is Cc1nc(CN(C)C)sc1C(=N)N. The van der Waals surface area contributed by atoms with E-state index in [2.05, 4.69) is 4.98 Å². The highest BCUT2D eigenvalue weighted by Gasteiger charge is 2.09. The van der Waals surface area contributed by atoms with Crippen LogP contribution in [0.25, 0.3) is 0 Å². The first-order valence-electron chi connectivity index (χ1n) is 3.96. The van der Waals surface area contributed by atoms with Crippen molar-refractivity contribution in [1.82, 2.24) is 9.88 Å². The number of aromatic nitrogens is 1. The summed E-state index contributed by atoms with van der Waals surface area (Å²) in [5, 5.41) is 8.31. The van der Waals surface area contributed by atoms with Gasteiger partial charge in [0, 0.05) is 6.54 Å². The van der Waals surface area contributed by atoms with Crippen LogP contribution in [0.15, 0.2) is 0 Å². The number of nitrogens with one attached hydrogen (secondary N) is 1. The molecule has 0 spiro atoms. The van der Waals surface area contributed by atoms with Gasteiger partial charge in [-0.25, -0.2) is 4.98 Å². The van der Waals surface area contributed by atoms with Gasteiger partial charge in [-0.1, -0.05) is 0 Å². The lowest BCUT2D eigenvalue weighted by atomic mass is 10.4. The first kappa shape index (κ1) is 10.1. The molecule has 1 heterocycles. The first-order valence-corrected chi connectivity index (χ1v) is 4.77. The third-order valence-electron chi connectivity index (χ3n) is 1.54. The van der Waals surface area contributed by atoms with Gasteiger partial charge in [-0.15, -0.1) is 11.3 Å². The standard InChI is InChI=1S/C8H14N4S/c1-5-7(8(9)10)13-6(11-5)4-12(2)3/h4H2,1-3H3,(H3,9,10). The van der Waals surface area contributed by atoms with Crippen LogP contribution >= 0.6 is 11.3 Å². The molecule has 0 saturated carbocycles. The summed E-state index contributed by atoms with van der Waals surface area (Å²) in [4.78, 5) is 7.16. The Balaban J connectivity index is 2.89. The average Bonchev–Trinajstić information content (AvgIpc) is 2.29. The Labute approximate surface area is 81.9 Å². The van der Waals surface area contributed by atoms with Gasteiger partial charge in [0.15, 0.2) is 0 Å². The van der Waals surface area contributed by atoms with Crippen molar-refractivity contribution in [2.45, 2.75) is 13.5 Å². The van der Waals surface area contributed by atoms with Gasteiger partial charge in [0.2, 0.25) is 0 Å². The highest BCUT2D eigenvalue weighted by molar-refractivity contribution is 7.13. The van der Waals surface area contributed by atoms with Crippen LogP contribution in [0.2, 0.25) is 0 Å². The second-order valence-corrected chi connectivity index (χ2v) is 4.26. The van der Waals surface area contributed by atoms with Crippen molar-refractivity contribution in [3.8, 4) is 0 Å². The number of nitrogens with zero attached hydrogens (tertiary/aromatic N) is 2. The Morgan fingerprint density at radius 2 is 2.23 bits per heavy atom. The number of nitrogens with two attached hydrogens (primary N) is 1. The molecule has 0 aliphatic carbocycles. The third-order valence-corrected chi connectivity index (χ3v) is 2.71. The lowest BCUT2D eigenvalue weighted by Gasteiger charge is -2.04. The Morgan fingerprint density at radius 3 is 2.62 bits per heavy atom. The lowest BCUT2D eigenvalue weighted by Crippen LogP contribution is -2.10. The maximum Gasteiger partial charge on any atom is 0.135 e. The molecule has 3 N–H and O–H groups in total. The molecule has 4 nitrogen and oxygen atoms in total. The van der Waals surface area contributed by atoms with Crippen molar-refractivity contribution in [1.29, 1.82) is 5.41 Å². The van der Waals surface area contributed by atoms with Crippen molar-refractivity contribution >= 4 is 17.2 Å². The van der Waals surface area contributed by atoms with Gasteiger partial charge in [-0.05, 0) is 21.0 Å². The van der Waals surface area contributed by atoms with Gasteiger partial charge in [0.25, 0.3) is 0 Å². The molecule has 0 amide bonds. The van der Waals surface area contributed by atoms with Crippen LogP contribution in [0.1, 0.15) is 15.6 Å². The van der Waals surface area contributed by atoms with Crippen LogP contribution < -0.4 is 5.73 Å². The summed E-state index contributed by atoms with van der Waals surface area (Å²) in [5.41, 5.74) is 6.25. The fourth-order valence-corrected chi connectivity index (χ4v) is 2.08. The van der Waals surface area contributed by atoms with E-state index in [1.54, 1.807) is 0 Å². The zero-order valence-corrected chi connectivity index (χ0v) is 8.90. The molecule has 0 unspecified atom stereocenters. The fraction of sp³-hybridized carbons (Fsp3) is 0.500. The molecule has 0 aromatic carbocycles. The summed E-state index contributed by atoms with van der Waals surface area (Å²) in [6, 6.07) is 0. The van der Waals surface area contributed by atoms with Crippen LogP contribution in [0, 0.1) is 12.3 Å². The molecular formula is C8H14N4S. The summed E-state index contributed by atoms with van der Waals surface area (Å²) in [6.45, 7) is 2.69. The fourth-order valence-electron chi connectivity index (χ4n) is 1.04. The number of amidine groups is 1. The zero-order chi connectivity index (χ0) is 10.0. The number of aryl methyl sites for hydroxylation is 1. The van der Waals surface area contributed by atoms with E-state index in [-0.39, 0.29) is 5.84 Å². The van der Waals surface area contributed by atoms with E-state index in [1.807, 2.05) is 25.9 Å². The molecule has 0 saturated heterocycles. The monoisotopic (exact) mass is 198 g/mol. The molecule has 1 aromatic rings. The van der Waals surface area contributed by atoms with Crippen molar-refractivity contribution in [3.05, 3.63) is 15.6 Å². The number of thiazole rings is 1. The number of hydrogen-bond acceptors (Lipinski definition) is 4. The zero-order valence-electron chi connectivity index (χ0n) is 8.09. The maximum absolute atomic E-state index is 7.31. The average molecular weight is 198 g/mol. The molecule has 72 valence electrons. The number of nitrogen functional groups attached to an aromatic ring is 1. The largest absolute Gasteiger partial charge is 0.383 e. The van der Waals surface area contributed by atoms with Crippen molar-refractivity contribution in [2.24, 2.45) is 5.73 Å². The van der Waals surface area contributed by atoms with Crippen LogP contribution in [-0.4, -0.2) is 29.8 Å². The predicted octanol–water partition coefficient (Wildman–Crippen LogP) is 0.797. The normalized spacial score (nSPS) is 10.8. The quantitative estimate of drug-likeness (QED) is 0.557. The van der Waals surface area contributed by atoms with E-state index < -0.39 is 0 Å². The molecule has 1 aromatic heterocycles. The minimum atomic E-state index is 0.111. The maximum atomic E-state index is 7.31. The Morgan fingerprint density at radius 1 is 1.62 bits per heavy atom. The molecule has 0 radical (unpaired) electrons. The van der Waals surface area contributed by atoms with Crippen LogP contribution in [0.5, 0.6) is 0 Å². The van der Waals surface area contributed by atoms with Crippen molar-refractivity contribution < 1.29 is 0 Å². The Bertz CT molecular complexity index is 316. The summed E-state index contributed by atoms with van der Waals surface area (Å²) in [6.07, 6.45) is 0. The van der Waals surface area contributed by atoms with Crippen LogP contribution in [-0.2, 0) is 6.54 Å². The summed E-state index contributed by atoms with van der Waals surface area (Å²) >= 11 is 1.49. The van der Waals surface area contributed by atoms with Gasteiger partial charge in [0.05, 0.1) is 10.6 Å². The topological polar surface area (TPSA) is 66.0 Å². The van der Waals surface area contributed by atoms with E-state index in [0.717, 1.165) is 22.1 Å². The summed E-state index contributed by atoms with van der Waals surface area (Å²) < 4.78 is 0. The van der Waals surface area contributed by atoms with Crippen molar-refractivity contribution in [2.75, 3.05) is 14.1 Å². The second kappa shape index (κ2) is 3.85. The van der Waals surface area contributed by atoms with Gasteiger partial charge in [0.1, 0.15) is 10.8 Å². The van der Waals surface area contributed by atoms with Gasteiger partial charge in [-0.2, -0.15) is 0 Å². The van der Waals surface area contributed by atoms with Crippen LogP contribution in [0.4, 0.5) is 0 Å². The molecule has 0 atom stereocenters. The van der Waals surface area contributed by atoms with Crippen molar-refractivity contribution in [3.63, 3.8) is 0 Å². The second-order valence-electron chi connectivity index (χ2n) is 3.17. The molecule has 5 heteroatoms. The van der Waals surface area contributed by atoms with E-state index >= 15 is 0 Å². The molecule has 0 aliphatic rings. The molecule has 0 fully saturated rings. The smallest absolute Gasteiger partial charge is 0.135 e.